The second-order valence-corrected chi connectivity index (χ2v) is 6.32. The SMILES string of the molecule is O=Cc1c(S(=O)(=O)Cl)ccc(I)c1[N+](=O)[O-]. The largest absolute Gasteiger partial charge is 0.298 e. The minimum Gasteiger partial charge on any atom is -0.298 e. The first-order valence-electron chi connectivity index (χ1n) is 3.65. The van der Waals surface area contributed by atoms with Crippen LogP contribution in [0, 0.1) is 13.7 Å². The lowest BCUT2D eigenvalue weighted by atomic mass is 10.2. The number of hydrogen-bond acceptors (Lipinski definition) is 5. The summed E-state index contributed by atoms with van der Waals surface area (Å²) in [4.78, 5) is 20.0. The molecule has 0 aliphatic carbocycles. The van der Waals surface area contributed by atoms with E-state index in [1.165, 1.54) is 6.07 Å². The summed E-state index contributed by atoms with van der Waals surface area (Å²) in [6.45, 7) is 0. The summed E-state index contributed by atoms with van der Waals surface area (Å²) >= 11 is 1.63. The Balaban J connectivity index is 3.76. The fraction of sp³-hybridized carbons (Fsp3) is 0. The molecule has 0 aliphatic rings. The zero-order chi connectivity index (χ0) is 12.5. The molecule has 0 unspecified atom stereocenters. The van der Waals surface area contributed by atoms with Gasteiger partial charge in [-0.15, -0.1) is 0 Å². The molecule has 0 saturated heterocycles. The van der Waals surface area contributed by atoms with Gasteiger partial charge >= 0.3 is 0 Å². The number of aldehydes is 1. The molecule has 16 heavy (non-hydrogen) atoms. The van der Waals surface area contributed by atoms with E-state index in [2.05, 4.69) is 0 Å². The monoisotopic (exact) mass is 375 g/mol. The first-order valence-corrected chi connectivity index (χ1v) is 7.04. The van der Waals surface area contributed by atoms with E-state index >= 15 is 0 Å². The number of carbonyl (C=O) groups excluding carboxylic acids is 1. The molecule has 86 valence electrons. The van der Waals surface area contributed by atoms with Crippen molar-refractivity contribution in [2.24, 2.45) is 0 Å². The third-order valence-corrected chi connectivity index (χ3v) is 3.94. The van der Waals surface area contributed by atoms with Crippen LogP contribution in [0.2, 0.25) is 0 Å². The maximum Gasteiger partial charge on any atom is 0.294 e. The highest BCUT2D eigenvalue weighted by Crippen LogP contribution is 2.31. The van der Waals surface area contributed by atoms with Gasteiger partial charge in [-0.3, -0.25) is 14.9 Å². The van der Waals surface area contributed by atoms with E-state index in [1.54, 1.807) is 22.6 Å². The lowest BCUT2D eigenvalue weighted by Gasteiger charge is -2.03. The number of nitro benzene ring substituents is 1. The van der Waals surface area contributed by atoms with E-state index in [0.717, 1.165) is 6.07 Å². The van der Waals surface area contributed by atoms with Crippen molar-refractivity contribution in [3.8, 4) is 0 Å². The van der Waals surface area contributed by atoms with Crippen LogP contribution < -0.4 is 0 Å². The van der Waals surface area contributed by atoms with Gasteiger partial charge in [0.15, 0.2) is 6.29 Å². The third-order valence-electron chi connectivity index (χ3n) is 1.69. The molecule has 1 aromatic rings. The molecule has 0 bridgehead atoms. The molecule has 1 rings (SSSR count). The quantitative estimate of drug-likeness (QED) is 0.264. The minimum absolute atomic E-state index is 0.107. The number of hydrogen-bond donors (Lipinski definition) is 0. The highest BCUT2D eigenvalue weighted by atomic mass is 127. The molecule has 0 fully saturated rings. The Morgan fingerprint density at radius 3 is 2.38 bits per heavy atom. The number of nitrogens with zero attached hydrogens (tertiary/aromatic N) is 1. The lowest BCUT2D eigenvalue weighted by molar-refractivity contribution is -0.386. The van der Waals surface area contributed by atoms with Crippen LogP contribution in [-0.2, 0) is 9.05 Å². The van der Waals surface area contributed by atoms with Crippen LogP contribution in [0.4, 0.5) is 5.69 Å². The Hall–Kier alpha value is -0.740. The molecule has 0 N–H and O–H groups in total. The van der Waals surface area contributed by atoms with Gasteiger partial charge < -0.3 is 0 Å². The second-order valence-electron chi connectivity index (χ2n) is 2.62. The van der Waals surface area contributed by atoms with Crippen LogP contribution in [0.1, 0.15) is 10.4 Å². The molecule has 1 aromatic carbocycles. The zero-order valence-corrected chi connectivity index (χ0v) is 11.1. The average Bonchev–Trinajstić information content (AvgIpc) is 2.14. The summed E-state index contributed by atoms with van der Waals surface area (Å²) in [7, 11) is 0.875. The van der Waals surface area contributed by atoms with Crippen molar-refractivity contribution >= 4 is 54.3 Å². The minimum atomic E-state index is -4.19. The molecule has 0 aromatic heterocycles. The van der Waals surface area contributed by atoms with Crippen molar-refractivity contribution in [1.82, 2.24) is 0 Å². The van der Waals surface area contributed by atoms with Crippen LogP contribution in [0.5, 0.6) is 0 Å². The maximum absolute atomic E-state index is 11.1. The molecule has 0 aliphatic heterocycles. The second kappa shape index (κ2) is 4.63. The molecule has 0 amide bonds. The van der Waals surface area contributed by atoms with Crippen molar-refractivity contribution in [3.63, 3.8) is 0 Å². The van der Waals surface area contributed by atoms with Crippen LogP contribution in [-0.4, -0.2) is 19.6 Å². The number of carbonyl (C=O) groups is 1. The van der Waals surface area contributed by atoms with Gasteiger partial charge in [0, 0.05) is 10.7 Å². The van der Waals surface area contributed by atoms with Crippen molar-refractivity contribution in [2.75, 3.05) is 0 Å². The van der Waals surface area contributed by atoms with Crippen LogP contribution in [0.25, 0.3) is 0 Å². The van der Waals surface area contributed by atoms with Crippen molar-refractivity contribution in [2.45, 2.75) is 4.90 Å². The zero-order valence-electron chi connectivity index (χ0n) is 7.38. The Morgan fingerprint density at radius 1 is 1.44 bits per heavy atom. The normalized spacial score (nSPS) is 11.1. The summed E-state index contributed by atoms with van der Waals surface area (Å²) in [5, 5.41) is 10.7. The van der Waals surface area contributed by atoms with Gasteiger partial charge in [0.05, 0.1) is 13.4 Å². The Morgan fingerprint density at radius 2 is 2.00 bits per heavy atom. The van der Waals surface area contributed by atoms with Crippen molar-refractivity contribution in [3.05, 3.63) is 31.4 Å². The van der Waals surface area contributed by atoms with Crippen molar-refractivity contribution in [1.29, 1.82) is 0 Å². The number of benzene rings is 1. The Kier molecular flexibility index (Phi) is 3.86. The van der Waals surface area contributed by atoms with Gasteiger partial charge in [-0.2, -0.15) is 0 Å². The maximum atomic E-state index is 11.1. The molecule has 0 saturated carbocycles. The Labute approximate surface area is 108 Å². The first kappa shape index (κ1) is 13.3. The highest BCUT2D eigenvalue weighted by molar-refractivity contribution is 14.1. The topological polar surface area (TPSA) is 94.3 Å². The number of rotatable bonds is 3. The van der Waals surface area contributed by atoms with E-state index < -0.39 is 30.1 Å². The van der Waals surface area contributed by atoms with E-state index in [1.807, 2.05) is 0 Å². The fourth-order valence-corrected chi connectivity index (χ4v) is 2.78. The predicted molar refractivity (Wildman–Crippen MR) is 64.2 cm³/mol. The number of halogens is 2. The third kappa shape index (κ3) is 2.50. The van der Waals surface area contributed by atoms with E-state index in [0.29, 0.717) is 0 Å². The van der Waals surface area contributed by atoms with Gasteiger partial charge in [-0.1, -0.05) is 0 Å². The van der Waals surface area contributed by atoms with E-state index in [9.17, 15) is 23.3 Å². The summed E-state index contributed by atoms with van der Waals surface area (Å²) < 4.78 is 22.3. The smallest absolute Gasteiger partial charge is 0.294 e. The number of nitro groups is 1. The van der Waals surface area contributed by atoms with Crippen molar-refractivity contribution < 1.29 is 18.1 Å². The fourth-order valence-electron chi connectivity index (χ4n) is 1.07. The van der Waals surface area contributed by atoms with Gasteiger partial charge in [0.1, 0.15) is 5.56 Å². The molecular weight excluding hydrogens is 373 g/mol. The van der Waals surface area contributed by atoms with E-state index in [4.69, 9.17) is 10.7 Å². The summed E-state index contributed by atoms with van der Waals surface area (Å²) in [5.41, 5.74) is -1.09. The molecule has 0 atom stereocenters. The summed E-state index contributed by atoms with van der Waals surface area (Å²) in [5.74, 6) is 0. The van der Waals surface area contributed by atoms with Gasteiger partial charge in [-0.25, -0.2) is 8.42 Å². The van der Waals surface area contributed by atoms with Crippen LogP contribution in [0.15, 0.2) is 17.0 Å². The van der Waals surface area contributed by atoms with E-state index in [-0.39, 0.29) is 9.86 Å². The first-order chi connectivity index (χ1) is 7.29. The summed E-state index contributed by atoms with van der Waals surface area (Å²) in [6, 6.07) is 2.27. The Bertz CT molecular complexity index is 570. The van der Waals surface area contributed by atoms with Gasteiger partial charge in [0.2, 0.25) is 0 Å². The molecule has 0 spiro atoms. The molecule has 0 radical (unpaired) electrons. The molecule has 6 nitrogen and oxygen atoms in total. The van der Waals surface area contributed by atoms with Gasteiger partial charge in [-0.05, 0) is 34.7 Å². The molecule has 0 heterocycles. The standard InChI is InChI=1S/C7H3ClINO5S/c8-16(14,15)6-2-1-5(9)7(10(12)13)4(6)3-11/h1-3H. The van der Waals surface area contributed by atoms with Gasteiger partial charge in [0.25, 0.3) is 14.7 Å². The highest BCUT2D eigenvalue weighted by Gasteiger charge is 2.26. The molecular formula is C7H3ClINO5S. The predicted octanol–water partition coefficient (Wildman–Crippen LogP) is 1.94. The summed E-state index contributed by atoms with van der Waals surface area (Å²) in [6.07, 6.45) is 0.107. The van der Waals surface area contributed by atoms with Crippen LogP contribution in [0.3, 0.4) is 0 Å². The lowest BCUT2D eigenvalue weighted by Crippen LogP contribution is -2.04. The van der Waals surface area contributed by atoms with Crippen LogP contribution >= 0.6 is 33.3 Å². The average molecular weight is 376 g/mol. The molecule has 9 heteroatoms.